The van der Waals surface area contributed by atoms with Crippen molar-refractivity contribution in [3.05, 3.63) is 0 Å². The van der Waals surface area contributed by atoms with Crippen LogP contribution in [-0.2, 0) is 9.59 Å². The van der Waals surface area contributed by atoms with Gasteiger partial charge in [0.15, 0.2) is 0 Å². The summed E-state index contributed by atoms with van der Waals surface area (Å²) in [6.45, 7) is 3.45. The minimum absolute atomic E-state index is 0.0509. The van der Waals surface area contributed by atoms with Crippen molar-refractivity contribution in [2.45, 2.75) is 45.3 Å². The monoisotopic (exact) mass is 280 g/mol. The number of alkyl halides is 3. The van der Waals surface area contributed by atoms with Crippen molar-refractivity contribution in [2.75, 3.05) is 13.1 Å². The highest BCUT2D eigenvalue weighted by atomic mass is 19.4. The summed E-state index contributed by atoms with van der Waals surface area (Å²) >= 11 is 0. The van der Waals surface area contributed by atoms with Crippen LogP contribution in [0.4, 0.5) is 13.2 Å². The average molecular weight is 280 g/mol. The molecule has 7 heteroatoms. The lowest BCUT2D eigenvalue weighted by Crippen LogP contribution is -2.46. The Morgan fingerprint density at radius 3 is 2.53 bits per heavy atom. The summed E-state index contributed by atoms with van der Waals surface area (Å²) in [6.07, 6.45) is -4.84. The lowest BCUT2D eigenvalue weighted by atomic mass is 10.0. The van der Waals surface area contributed by atoms with Gasteiger partial charge < -0.3 is 10.2 Å². The Bertz CT molecular complexity index is 342. The summed E-state index contributed by atoms with van der Waals surface area (Å²) in [5.74, 6) is -0.519. The van der Waals surface area contributed by atoms with E-state index in [2.05, 4.69) is 5.32 Å². The molecule has 1 heterocycles. The molecule has 0 aromatic carbocycles. The van der Waals surface area contributed by atoms with Gasteiger partial charge in [0, 0.05) is 19.5 Å². The second-order valence-corrected chi connectivity index (χ2v) is 5.19. The van der Waals surface area contributed by atoms with Crippen LogP contribution in [0.5, 0.6) is 0 Å². The van der Waals surface area contributed by atoms with Crippen molar-refractivity contribution in [1.82, 2.24) is 10.2 Å². The molecular weight excluding hydrogens is 261 g/mol. The Labute approximate surface area is 110 Å². The van der Waals surface area contributed by atoms with Crippen molar-refractivity contribution < 1.29 is 22.8 Å². The molecule has 0 aromatic heterocycles. The third-order valence-electron chi connectivity index (χ3n) is 2.93. The van der Waals surface area contributed by atoms with Gasteiger partial charge in [-0.15, -0.1) is 0 Å². The first-order chi connectivity index (χ1) is 8.69. The van der Waals surface area contributed by atoms with Crippen LogP contribution in [0, 0.1) is 5.92 Å². The molecule has 2 amide bonds. The Kier molecular flexibility index (Phi) is 5.20. The fraction of sp³-hybridized carbons (Fsp3) is 0.833. The minimum Gasteiger partial charge on any atom is -0.344 e. The summed E-state index contributed by atoms with van der Waals surface area (Å²) in [5, 5.41) is 2.58. The number of amides is 2. The highest BCUT2D eigenvalue weighted by molar-refractivity contribution is 5.89. The number of nitrogens with zero attached hydrogens (tertiary/aromatic N) is 1. The van der Waals surface area contributed by atoms with Crippen molar-refractivity contribution in [2.24, 2.45) is 5.92 Å². The van der Waals surface area contributed by atoms with Gasteiger partial charge in [0.2, 0.25) is 11.8 Å². The van der Waals surface area contributed by atoms with Gasteiger partial charge in [0.05, 0.1) is 6.42 Å². The maximum atomic E-state index is 12.2. The van der Waals surface area contributed by atoms with Gasteiger partial charge >= 0.3 is 6.18 Å². The zero-order valence-electron chi connectivity index (χ0n) is 11.1. The predicted molar refractivity (Wildman–Crippen MR) is 63.3 cm³/mol. The molecule has 110 valence electrons. The molecule has 1 saturated heterocycles. The summed E-state index contributed by atoms with van der Waals surface area (Å²) in [4.78, 5) is 24.7. The number of carbonyl (C=O) groups excluding carboxylic acids is 2. The average Bonchev–Trinajstić information content (AvgIpc) is 2.36. The maximum Gasteiger partial charge on any atom is 0.390 e. The van der Waals surface area contributed by atoms with Crippen LogP contribution in [-0.4, -0.2) is 42.0 Å². The summed E-state index contributed by atoms with van der Waals surface area (Å²) in [5.41, 5.74) is 0. The van der Waals surface area contributed by atoms with Gasteiger partial charge in [-0.25, -0.2) is 0 Å². The second-order valence-electron chi connectivity index (χ2n) is 5.19. The van der Waals surface area contributed by atoms with E-state index in [-0.39, 0.29) is 31.3 Å². The first kappa shape index (κ1) is 15.8. The Morgan fingerprint density at radius 1 is 1.37 bits per heavy atom. The van der Waals surface area contributed by atoms with E-state index in [1.54, 1.807) is 0 Å². The number of rotatable bonds is 4. The highest BCUT2D eigenvalue weighted by Gasteiger charge is 2.33. The van der Waals surface area contributed by atoms with Crippen LogP contribution >= 0.6 is 0 Å². The molecule has 1 unspecified atom stereocenters. The lowest BCUT2D eigenvalue weighted by molar-refractivity contribution is -0.146. The van der Waals surface area contributed by atoms with E-state index in [4.69, 9.17) is 0 Å². The minimum atomic E-state index is -4.29. The SMILES string of the molecule is CC(C)CC1NC(=O)CCN(CCC(F)(F)F)C1=O. The highest BCUT2D eigenvalue weighted by Crippen LogP contribution is 2.21. The molecule has 1 fully saturated rings. The fourth-order valence-corrected chi connectivity index (χ4v) is 2.01. The molecule has 1 aliphatic rings. The molecule has 1 atom stereocenters. The fourth-order valence-electron chi connectivity index (χ4n) is 2.01. The molecule has 1 N–H and O–H groups in total. The predicted octanol–water partition coefficient (Wildman–Crippen LogP) is 1.70. The standard InChI is InChI=1S/C12H19F3N2O2/c1-8(2)7-9-11(19)17(5-3-10(18)16-9)6-4-12(13,14)15/h8-9H,3-7H2,1-2H3,(H,16,18). The molecule has 19 heavy (non-hydrogen) atoms. The van der Waals surface area contributed by atoms with Gasteiger partial charge in [-0.2, -0.15) is 13.2 Å². The van der Waals surface area contributed by atoms with Gasteiger partial charge in [0.1, 0.15) is 6.04 Å². The number of nitrogens with one attached hydrogen (secondary N) is 1. The quantitative estimate of drug-likeness (QED) is 0.852. The number of hydrogen-bond donors (Lipinski definition) is 1. The maximum absolute atomic E-state index is 12.2. The van der Waals surface area contributed by atoms with E-state index in [9.17, 15) is 22.8 Å². The molecule has 0 bridgehead atoms. The van der Waals surface area contributed by atoms with Crippen LogP contribution in [0.2, 0.25) is 0 Å². The van der Waals surface area contributed by atoms with E-state index in [0.29, 0.717) is 6.42 Å². The summed E-state index contributed by atoms with van der Waals surface area (Å²) in [6, 6.07) is -0.705. The van der Waals surface area contributed by atoms with Crippen LogP contribution in [0.1, 0.15) is 33.1 Å². The second kappa shape index (κ2) is 6.25. The van der Waals surface area contributed by atoms with Crippen molar-refractivity contribution in [1.29, 1.82) is 0 Å². The first-order valence-electron chi connectivity index (χ1n) is 6.34. The first-order valence-corrected chi connectivity index (χ1v) is 6.34. The van der Waals surface area contributed by atoms with E-state index in [1.165, 1.54) is 0 Å². The van der Waals surface area contributed by atoms with Gasteiger partial charge in [0.25, 0.3) is 0 Å². The van der Waals surface area contributed by atoms with E-state index in [1.807, 2.05) is 13.8 Å². The van der Waals surface area contributed by atoms with Crippen molar-refractivity contribution >= 4 is 11.8 Å². The molecule has 0 radical (unpaired) electrons. The molecule has 0 saturated carbocycles. The van der Waals surface area contributed by atoms with E-state index < -0.39 is 24.5 Å². The van der Waals surface area contributed by atoms with Crippen LogP contribution in [0.15, 0.2) is 0 Å². The van der Waals surface area contributed by atoms with Crippen molar-refractivity contribution in [3.8, 4) is 0 Å². The molecule has 0 aliphatic carbocycles. The molecule has 0 aromatic rings. The largest absolute Gasteiger partial charge is 0.390 e. The zero-order valence-corrected chi connectivity index (χ0v) is 11.1. The number of carbonyl (C=O) groups is 2. The van der Waals surface area contributed by atoms with Crippen LogP contribution < -0.4 is 5.32 Å². The third kappa shape index (κ3) is 5.48. The molecule has 0 spiro atoms. The van der Waals surface area contributed by atoms with E-state index >= 15 is 0 Å². The summed E-state index contributed by atoms with van der Waals surface area (Å²) in [7, 11) is 0. The summed E-state index contributed by atoms with van der Waals surface area (Å²) < 4.78 is 36.6. The Hall–Kier alpha value is -1.27. The lowest BCUT2D eigenvalue weighted by Gasteiger charge is -2.25. The van der Waals surface area contributed by atoms with Gasteiger partial charge in [-0.3, -0.25) is 9.59 Å². The molecular formula is C12H19F3N2O2. The topological polar surface area (TPSA) is 49.4 Å². The van der Waals surface area contributed by atoms with Crippen LogP contribution in [0.25, 0.3) is 0 Å². The number of hydrogen-bond acceptors (Lipinski definition) is 2. The number of halogens is 3. The van der Waals surface area contributed by atoms with Crippen LogP contribution in [0.3, 0.4) is 0 Å². The molecule has 1 rings (SSSR count). The van der Waals surface area contributed by atoms with Crippen molar-refractivity contribution in [3.63, 3.8) is 0 Å². The molecule has 1 aliphatic heterocycles. The Balaban J connectivity index is 2.69. The normalized spacial score (nSPS) is 21.6. The Morgan fingerprint density at radius 2 is 2.00 bits per heavy atom. The molecule has 4 nitrogen and oxygen atoms in total. The smallest absolute Gasteiger partial charge is 0.344 e. The van der Waals surface area contributed by atoms with Gasteiger partial charge in [-0.1, -0.05) is 13.8 Å². The van der Waals surface area contributed by atoms with E-state index in [0.717, 1.165) is 4.90 Å². The third-order valence-corrected chi connectivity index (χ3v) is 2.93. The van der Waals surface area contributed by atoms with Gasteiger partial charge in [-0.05, 0) is 12.3 Å². The zero-order chi connectivity index (χ0) is 14.6.